The number of carbonyl (C=O) groups excluding carboxylic acids is 1. The van der Waals surface area contributed by atoms with E-state index < -0.39 is 6.09 Å². The first-order valence-corrected chi connectivity index (χ1v) is 11.3. The minimum atomic E-state index is -0.402. The maximum absolute atomic E-state index is 12.3. The molecule has 12 heteroatoms. The molecule has 0 spiro atoms. The fourth-order valence-corrected chi connectivity index (χ4v) is 4.01. The van der Waals surface area contributed by atoms with E-state index in [0.717, 1.165) is 43.4 Å². The molecule has 2 aromatic rings. The summed E-state index contributed by atoms with van der Waals surface area (Å²) in [6.45, 7) is 5.81. The van der Waals surface area contributed by atoms with Gasteiger partial charge in [-0.2, -0.15) is 0 Å². The molecule has 0 aliphatic carbocycles. The van der Waals surface area contributed by atoms with Crippen LogP contribution >= 0.6 is 24.4 Å². The van der Waals surface area contributed by atoms with E-state index in [1.54, 1.807) is 23.5 Å². The largest absolute Gasteiger partial charge is 0.474 e. The van der Waals surface area contributed by atoms with Crippen molar-refractivity contribution in [1.29, 1.82) is 0 Å². The Morgan fingerprint density at radius 3 is 2.58 bits per heavy atom. The van der Waals surface area contributed by atoms with E-state index in [2.05, 4.69) is 30.1 Å². The molecule has 10 nitrogen and oxygen atoms in total. The minimum Gasteiger partial charge on any atom is -0.474 e. The summed E-state index contributed by atoms with van der Waals surface area (Å²) in [5.41, 5.74) is 2.28. The molecule has 2 aromatic heterocycles. The smallest absolute Gasteiger partial charge is 0.414 e. The molecule has 1 atom stereocenters. The number of thiocarbonyl (C=S) groups is 2. The highest BCUT2D eigenvalue weighted by Crippen LogP contribution is 2.23. The Balaban J connectivity index is 1.31. The zero-order valence-electron chi connectivity index (χ0n) is 18.4. The number of nitrogens with zero attached hydrogens (tertiary/aromatic N) is 6. The maximum Gasteiger partial charge on any atom is 0.414 e. The Bertz CT molecular complexity index is 1010. The third-order valence-corrected chi connectivity index (χ3v) is 6.25. The molecule has 2 aliphatic heterocycles. The Morgan fingerprint density at radius 2 is 1.94 bits per heavy atom. The fraction of sp³-hybridized carbons (Fsp3) is 0.429. The highest BCUT2D eigenvalue weighted by atomic mass is 32.1. The van der Waals surface area contributed by atoms with Gasteiger partial charge in [-0.3, -0.25) is 14.9 Å². The normalized spacial score (nSPS) is 18.2. The molecule has 2 saturated heterocycles. The van der Waals surface area contributed by atoms with Crippen LogP contribution in [0.3, 0.4) is 0 Å². The molecule has 2 fully saturated rings. The number of piperazine rings is 1. The molecule has 4 heterocycles. The predicted octanol–water partition coefficient (Wildman–Crippen LogP) is 1.52. The second kappa shape index (κ2) is 10.2. The quantitative estimate of drug-likeness (QED) is 0.622. The van der Waals surface area contributed by atoms with Gasteiger partial charge in [-0.1, -0.05) is 12.2 Å². The van der Waals surface area contributed by atoms with Crippen LogP contribution in [0.25, 0.3) is 0 Å². The fourth-order valence-electron chi connectivity index (χ4n) is 3.64. The molecule has 0 radical (unpaired) electrons. The molecule has 0 unspecified atom stereocenters. The summed E-state index contributed by atoms with van der Waals surface area (Å²) in [5, 5.41) is 3.17. The van der Waals surface area contributed by atoms with Crippen LogP contribution in [-0.2, 0) is 9.47 Å². The maximum atomic E-state index is 12.3. The van der Waals surface area contributed by atoms with Crippen molar-refractivity contribution in [2.24, 2.45) is 0 Å². The van der Waals surface area contributed by atoms with E-state index in [0.29, 0.717) is 23.8 Å². The molecular formula is C21H25N7O3S2. The van der Waals surface area contributed by atoms with Crippen molar-refractivity contribution >= 4 is 52.2 Å². The lowest BCUT2D eigenvalue weighted by Crippen LogP contribution is -2.49. The van der Waals surface area contributed by atoms with Gasteiger partial charge < -0.3 is 24.6 Å². The van der Waals surface area contributed by atoms with Crippen molar-refractivity contribution in [3.63, 3.8) is 0 Å². The number of hydrogen-bond donors (Lipinski definition) is 1. The molecule has 174 valence electrons. The Labute approximate surface area is 202 Å². The molecule has 1 amide bonds. The van der Waals surface area contributed by atoms with Crippen molar-refractivity contribution in [3.8, 4) is 0 Å². The second-order valence-corrected chi connectivity index (χ2v) is 8.44. The van der Waals surface area contributed by atoms with Gasteiger partial charge in [0, 0.05) is 32.4 Å². The van der Waals surface area contributed by atoms with Gasteiger partial charge in [0.05, 0.1) is 44.0 Å². The van der Waals surface area contributed by atoms with Crippen LogP contribution in [0.5, 0.6) is 0 Å². The summed E-state index contributed by atoms with van der Waals surface area (Å²) in [6, 6.07) is 3.81. The zero-order chi connectivity index (χ0) is 23.4. The van der Waals surface area contributed by atoms with E-state index in [4.69, 9.17) is 33.9 Å². The van der Waals surface area contributed by atoms with E-state index >= 15 is 0 Å². The molecule has 33 heavy (non-hydrogen) atoms. The highest BCUT2D eigenvalue weighted by Gasteiger charge is 2.32. The number of aryl methyl sites for hydroxylation is 1. The van der Waals surface area contributed by atoms with Crippen LogP contribution in [0, 0.1) is 6.92 Å². The lowest BCUT2D eigenvalue weighted by Gasteiger charge is -2.36. The average Bonchev–Trinajstić information content (AvgIpc) is 3.23. The third-order valence-electron chi connectivity index (χ3n) is 5.47. The van der Waals surface area contributed by atoms with Crippen molar-refractivity contribution in [3.05, 3.63) is 42.1 Å². The van der Waals surface area contributed by atoms with Crippen LogP contribution in [0.1, 0.15) is 11.4 Å². The van der Waals surface area contributed by atoms with Crippen molar-refractivity contribution in [2.75, 3.05) is 56.2 Å². The van der Waals surface area contributed by atoms with Crippen LogP contribution in [-0.4, -0.2) is 88.6 Å². The molecular weight excluding hydrogens is 462 g/mol. The van der Waals surface area contributed by atoms with Crippen LogP contribution < -0.4 is 15.1 Å². The SMILES string of the molecule is COC(=S)NC[C@H]1CN(c2ccc(N3CCN(C(=S)c4cnc(C)cn4)CC3)nc2)C(=O)O1. The van der Waals surface area contributed by atoms with Gasteiger partial charge in [-0.15, -0.1) is 0 Å². The molecule has 0 aromatic carbocycles. The van der Waals surface area contributed by atoms with Gasteiger partial charge >= 0.3 is 6.09 Å². The topological polar surface area (TPSA) is 96.0 Å². The predicted molar refractivity (Wildman–Crippen MR) is 132 cm³/mol. The zero-order valence-corrected chi connectivity index (χ0v) is 20.1. The number of rotatable bonds is 5. The third kappa shape index (κ3) is 5.45. The molecule has 2 aliphatic rings. The molecule has 4 rings (SSSR count). The van der Waals surface area contributed by atoms with Gasteiger partial charge in [0.25, 0.3) is 5.17 Å². The molecule has 0 bridgehead atoms. The Kier molecular flexibility index (Phi) is 7.14. The lowest BCUT2D eigenvalue weighted by molar-refractivity contribution is 0.142. The summed E-state index contributed by atoms with van der Waals surface area (Å²) in [4.78, 5) is 32.1. The van der Waals surface area contributed by atoms with E-state index in [-0.39, 0.29) is 11.3 Å². The number of aromatic nitrogens is 3. The first-order chi connectivity index (χ1) is 15.9. The number of carbonyl (C=O) groups is 1. The number of cyclic esters (lactones) is 1. The van der Waals surface area contributed by atoms with Crippen molar-refractivity contribution in [2.45, 2.75) is 13.0 Å². The van der Waals surface area contributed by atoms with Crippen molar-refractivity contribution in [1.82, 2.24) is 25.2 Å². The number of hydrogen-bond acceptors (Lipinski definition) is 9. The monoisotopic (exact) mass is 487 g/mol. The number of methoxy groups -OCH3 is 1. The van der Waals surface area contributed by atoms with Gasteiger partial charge in [0.15, 0.2) is 0 Å². The average molecular weight is 488 g/mol. The van der Waals surface area contributed by atoms with E-state index in [1.807, 2.05) is 19.1 Å². The van der Waals surface area contributed by atoms with Crippen LogP contribution in [0.2, 0.25) is 0 Å². The molecule has 0 saturated carbocycles. The van der Waals surface area contributed by atoms with Gasteiger partial charge in [-0.05, 0) is 31.3 Å². The summed E-state index contributed by atoms with van der Waals surface area (Å²) in [5.74, 6) is 0.857. The number of ether oxygens (including phenoxy) is 2. The number of pyridine rings is 1. The Morgan fingerprint density at radius 1 is 1.15 bits per heavy atom. The summed E-state index contributed by atoms with van der Waals surface area (Å²) < 4.78 is 10.3. The highest BCUT2D eigenvalue weighted by molar-refractivity contribution is 7.80. The summed E-state index contributed by atoms with van der Waals surface area (Å²) in [7, 11) is 1.49. The number of anilines is 2. The van der Waals surface area contributed by atoms with Crippen molar-refractivity contribution < 1.29 is 14.3 Å². The standard InChI is InChI=1S/C21H25N7O3S2/c1-14-9-23-17(12-22-14)19(32)27-7-5-26(6-8-27)18-4-3-15(10-24-18)28-13-16(31-21(28)29)11-25-20(33)30-2/h3-4,9-10,12,16H,5-8,11,13H2,1-2H3,(H,25,33)/t16-/m0/s1. The van der Waals surface area contributed by atoms with Gasteiger partial charge in [0.1, 0.15) is 22.6 Å². The first kappa shape index (κ1) is 23.1. The summed E-state index contributed by atoms with van der Waals surface area (Å²) in [6.07, 6.45) is 4.43. The lowest BCUT2D eigenvalue weighted by atomic mass is 10.2. The number of amides is 1. The van der Waals surface area contributed by atoms with Crippen LogP contribution in [0.4, 0.5) is 16.3 Å². The number of nitrogens with one attached hydrogen (secondary N) is 1. The first-order valence-electron chi connectivity index (χ1n) is 10.5. The Hall–Kier alpha value is -3.12. The summed E-state index contributed by atoms with van der Waals surface area (Å²) >= 11 is 10.6. The second-order valence-electron chi connectivity index (χ2n) is 7.69. The van der Waals surface area contributed by atoms with E-state index in [9.17, 15) is 4.79 Å². The molecule has 1 N–H and O–H groups in total. The van der Waals surface area contributed by atoms with Gasteiger partial charge in [0.2, 0.25) is 0 Å². The van der Waals surface area contributed by atoms with Gasteiger partial charge in [-0.25, -0.2) is 9.78 Å². The minimum absolute atomic E-state index is 0.267. The van der Waals surface area contributed by atoms with Crippen LogP contribution in [0.15, 0.2) is 30.7 Å². The van der Waals surface area contributed by atoms with E-state index in [1.165, 1.54) is 7.11 Å².